The van der Waals surface area contributed by atoms with Crippen LogP contribution in [0.2, 0.25) is 5.15 Å². The molecule has 0 amide bonds. The maximum Gasteiger partial charge on any atom is 0.414 e. The summed E-state index contributed by atoms with van der Waals surface area (Å²) in [7, 11) is 0. The quantitative estimate of drug-likeness (QED) is 0.243. The van der Waals surface area contributed by atoms with Crippen molar-refractivity contribution in [3.05, 3.63) is 58.4 Å². The number of fused-ring (bicyclic) bond motifs is 1. The Balaban J connectivity index is 0.000000604. The van der Waals surface area contributed by atoms with Crippen molar-refractivity contribution in [3.8, 4) is 5.75 Å². The van der Waals surface area contributed by atoms with Crippen molar-refractivity contribution in [3.63, 3.8) is 0 Å². The third kappa shape index (κ3) is 8.97. The molecule has 3 rings (SSSR count). The van der Waals surface area contributed by atoms with E-state index in [1.165, 1.54) is 11.1 Å². The van der Waals surface area contributed by atoms with Crippen LogP contribution in [0.4, 0.5) is 0 Å². The van der Waals surface area contributed by atoms with Gasteiger partial charge in [0.1, 0.15) is 17.0 Å². The highest BCUT2D eigenvalue weighted by Gasteiger charge is 2.20. The number of hydrogen-bond donors (Lipinski definition) is 4. The molecule has 0 spiro atoms. The molecule has 184 valence electrons. The second kappa shape index (κ2) is 13.5. The van der Waals surface area contributed by atoms with Gasteiger partial charge in [0, 0.05) is 12.6 Å². The number of hydrogen-bond acceptors (Lipinski definition) is 8. The van der Waals surface area contributed by atoms with Gasteiger partial charge in [0.05, 0.1) is 12.3 Å². The van der Waals surface area contributed by atoms with Crippen molar-refractivity contribution in [2.75, 3.05) is 19.8 Å². The molecule has 0 aliphatic heterocycles. The molecule has 1 aromatic heterocycles. The van der Waals surface area contributed by atoms with Gasteiger partial charge in [-0.3, -0.25) is 0 Å². The number of aliphatic hydroxyl groups is 1. The van der Waals surface area contributed by atoms with Crippen molar-refractivity contribution in [2.45, 2.75) is 38.3 Å². The van der Waals surface area contributed by atoms with Crippen LogP contribution in [-0.2, 0) is 32.0 Å². The number of benzene rings is 1. The highest BCUT2D eigenvalue weighted by Crippen LogP contribution is 2.26. The van der Waals surface area contributed by atoms with Crippen molar-refractivity contribution >= 4 is 29.5 Å². The third-order valence-corrected chi connectivity index (χ3v) is 5.14. The summed E-state index contributed by atoms with van der Waals surface area (Å²) < 4.78 is 10.4. The number of carboxylic acid groups (broad SMARTS) is 2. The van der Waals surface area contributed by atoms with Crippen LogP contribution >= 0.6 is 11.6 Å². The number of esters is 1. The number of carbonyl (C=O) groups is 3. The fraction of sp³-hybridized carbons (Fsp3) is 0.391. The molecule has 2 aromatic rings. The molecule has 1 aliphatic rings. The van der Waals surface area contributed by atoms with E-state index in [1.54, 1.807) is 25.1 Å². The molecule has 10 nitrogen and oxygen atoms in total. The Kier molecular flexibility index (Phi) is 10.7. The van der Waals surface area contributed by atoms with Crippen molar-refractivity contribution in [1.29, 1.82) is 0 Å². The normalized spacial score (nSPS) is 15.2. The number of rotatable bonds is 8. The fourth-order valence-electron chi connectivity index (χ4n) is 3.33. The number of nitrogens with zero attached hydrogens (tertiary/aromatic N) is 1. The number of aryl methyl sites for hydroxylation is 1. The van der Waals surface area contributed by atoms with Crippen LogP contribution < -0.4 is 10.1 Å². The summed E-state index contributed by atoms with van der Waals surface area (Å²) in [5.41, 5.74) is 3.05. The SMILES string of the molecule is CCOC(=O)COc1ccc2c(c1)CC(NC[C@H](O)c1cccc(Cl)n1)CC2.O=C(O)C(=O)O. The molecule has 2 atom stereocenters. The summed E-state index contributed by atoms with van der Waals surface area (Å²) in [4.78, 5) is 33.8. The third-order valence-electron chi connectivity index (χ3n) is 4.93. The van der Waals surface area contributed by atoms with Crippen molar-refractivity contribution in [1.82, 2.24) is 10.3 Å². The molecule has 1 aliphatic carbocycles. The van der Waals surface area contributed by atoms with E-state index < -0.39 is 18.0 Å². The minimum Gasteiger partial charge on any atom is -0.482 e. The number of ether oxygens (including phenoxy) is 2. The van der Waals surface area contributed by atoms with Crippen molar-refractivity contribution in [2.24, 2.45) is 0 Å². The maximum atomic E-state index is 11.4. The number of carbonyl (C=O) groups excluding carboxylic acids is 1. The first-order valence-electron chi connectivity index (χ1n) is 10.6. The summed E-state index contributed by atoms with van der Waals surface area (Å²) in [6.45, 7) is 2.43. The van der Waals surface area contributed by atoms with Gasteiger partial charge < -0.3 is 30.1 Å². The van der Waals surface area contributed by atoms with Crippen LogP contribution in [0.5, 0.6) is 5.75 Å². The van der Waals surface area contributed by atoms with E-state index in [9.17, 15) is 9.90 Å². The summed E-state index contributed by atoms with van der Waals surface area (Å²) >= 11 is 5.89. The summed E-state index contributed by atoms with van der Waals surface area (Å²) in [5.74, 6) is -3.36. The van der Waals surface area contributed by atoms with E-state index in [2.05, 4.69) is 16.4 Å². The molecule has 1 unspecified atom stereocenters. The molecule has 0 fully saturated rings. The average molecular weight is 495 g/mol. The van der Waals surface area contributed by atoms with Gasteiger partial charge >= 0.3 is 17.9 Å². The van der Waals surface area contributed by atoms with Crippen LogP contribution in [0.3, 0.4) is 0 Å². The lowest BCUT2D eigenvalue weighted by Gasteiger charge is -2.27. The van der Waals surface area contributed by atoms with E-state index in [0.29, 0.717) is 29.7 Å². The molecular weight excluding hydrogens is 468 g/mol. The van der Waals surface area contributed by atoms with Crippen LogP contribution in [0.15, 0.2) is 36.4 Å². The number of halogens is 1. The lowest BCUT2D eigenvalue weighted by atomic mass is 9.88. The van der Waals surface area contributed by atoms with Crippen LogP contribution in [0, 0.1) is 0 Å². The number of carboxylic acids is 2. The molecule has 0 bridgehead atoms. The molecule has 34 heavy (non-hydrogen) atoms. The van der Waals surface area contributed by atoms with Crippen LogP contribution in [0.1, 0.15) is 36.3 Å². The molecule has 1 heterocycles. The van der Waals surface area contributed by atoms with Crippen LogP contribution in [-0.4, -0.2) is 64.0 Å². The first kappa shape index (κ1) is 27.0. The van der Waals surface area contributed by atoms with E-state index in [0.717, 1.165) is 19.3 Å². The first-order chi connectivity index (χ1) is 16.2. The van der Waals surface area contributed by atoms with Gasteiger partial charge in [-0.2, -0.15) is 0 Å². The highest BCUT2D eigenvalue weighted by atomic mass is 35.5. The monoisotopic (exact) mass is 494 g/mol. The van der Waals surface area contributed by atoms with Crippen molar-refractivity contribution < 1.29 is 39.2 Å². The van der Waals surface area contributed by atoms with E-state index >= 15 is 0 Å². The Morgan fingerprint density at radius 1 is 1.18 bits per heavy atom. The van der Waals surface area contributed by atoms with Gasteiger partial charge in [-0.25, -0.2) is 19.4 Å². The molecular formula is C23H27ClN2O8. The van der Waals surface area contributed by atoms with E-state index in [4.69, 9.17) is 40.9 Å². The molecule has 0 saturated heterocycles. The Hall–Kier alpha value is -3.21. The van der Waals surface area contributed by atoms with Gasteiger partial charge in [-0.15, -0.1) is 0 Å². The second-order valence-electron chi connectivity index (χ2n) is 7.38. The zero-order valence-electron chi connectivity index (χ0n) is 18.6. The number of aliphatic hydroxyl groups excluding tert-OH is 1. The number of pyridine rings is 1. The molecule has 11 heteroatoms. The minimum atomic E-state index is -1.82. The zero-order valence-corrected chi connectivity index (χ0v) is 19.3. The molecule has 1 aromatic carbocycles. The van der Waals surface area contributed by atoms with E-state index in [-0.39, 0.29) is 18.6 Å². The Labute approximate surface area is 201 Å². The number of aliphatic carboxylic acids is 2. The highest BCUT2D eigenvalue weighted by molar-refractivity contribution is 6.29. The predicted octanol–water partition coefficient (Wildman–Crippen LogP) is 2.01. The molecule has 4 N–H and O–H groups in total. The fourth-order valence-corrected chi connectivity index (χ4v) is 3.51. The summed E-state index contributed by atoms with van der Waals surface area (Å²) in [5, 5.41) is 28.9. The number of nitrogens with one attached hydrogen (secondary N) is 1. The lowest BCUT2D eigenvalue weighted by molar-refractivity contribution is -0.159. The van der Waals surface area contributed by atoms with E-state index in [1.807, 2.05) is 12.1 Å². The predicted molar refractivity (Wildman–Crippen MR) is 122 cm³/mol. The number of aromatic nitrogens is 1. The topological polar surface area (TPSA) is 155 Å². The maximum absolute atomic E-state index is 11.4. The Bertz CT molecular complexity index is 989. The Morgan fingerprint density at radius 3 is 2.56 bits per heavy atom. The summed E-state index contributed by atoms with van der Waals surface area (Å²) in [6.07, 6.45) is 2.07. The smallest absolute Gasteiger partial charge is 0.414 e. The Morgan fingerprint density at radius 2 is 1.91 bits per heavy atom. The first-order valence-corrected chi connectivity index (χ1v) is 11.0. The second-order valence-corrected chi connectivity index (χ2v) is 7.77. The van der Waals surface area contributed by atoms with Gasteiger partial charge in [0.15, 0.2) is 6.61 Å². The standard InChI is InChI=1S/C21H25ClN2O4.C2H2O4/c1-2-27-21(26)13-28-17-9-7-14-6-8-16(10-15(14)11-17)23-12-19(25)18-4-3-5-20(22)24-18;3-1(4)2(5)6/h3-5,7,9,11,16,19,23,25H,2,6,8,10,12-13H2,1H3;(H,3,4)(H,5,6)/t16?,19-;/m0./s1. The average Bonchev–Trinajstić information content (AvgIpc) is 2.81. The van der Waals surface area contributed by atoms with Gasteiger partial charge in [0.25, 0.3) is 0 Å². The summed E-state index contributed by atoms with van der Waals surface area (Å²) in [6, 6.07) is 11.4. The lowest BCUT2D eigenvalue weighted by Crippen LogP contribution is -2.37. The molecule has 0 saturated carbocycles. The molecule has 0 radical (unpaired) electrons. The zero-order chi connectivity index (χ0) is 25.1. The van der Waals surface area contributed by atoms with Gasteiger partial charge in [-0.1, -0.05) is 23.7 Å². The minimum absolute atomic E-state index is 0.0901. The largest absolute Gasteiger partial charge is 0.482 e. The van der Waals surface area contributed by atoms with Gasteiger partial charge in [-0.05, 0) is 61.6 Å². The van der Waals surface area contributed by atoms with Crippen LogP contribution in [0.25, 0.3) is 0 Å². The van der Waals surface area contributed by atoms with Gasteiger partial charge in [0.2, 0.25) is 0 Å².